The van der Waals surface area contributed by atoms with Crippen LogP contribution >= 0.6 is 0 Å². The summed E-state index contributed by atoms with van der Waals surface area (Å²) in [5.74, 6) is -0.681. The molecule has 4 rings (SSSR count). The van der Waals surface area contributed by atoms with Gasteiger partial charge in [-0.1, -0.05) is 6.07 Å². The van der Waals surface area contributed by atoms with E-state index in [4.69, 9.17) is 0 Å². The fourth-order valence-electron chi connectivity index (χ4n) is 3.89. The van der Waals surface area contributed by atoms with Crippen LogP contribution in [0.5, 0.6) is 0 Å². The number of benzene rings is 1. The summed E-state index contributed by atoms with van der Waals surface area (Å²) in [7, 11) is 0. The minimum atomic E-state index is -0.418. The third kappa shape index (κ3) is 3.59. The van der Waals surface area contributed by atoms with E-state index in [1.807, 2.05) is 9.47 Å². The van der Waals surface area contributed by atoms with Gasteiger partial charge in [-0.15, -0.1) is 0 Å². The van der Waals surface area contributed by atoms with Crippen molar-refractivity contribution in [2.75, 3.05) is 18.4 Å². The zero-order chi connectivity index (χ0) is 18.8. The van der Waals surface area contributed by atoms with Crippen LogP contribution in [0.2, 0.25) is 0 Å². The number of hydrogen-bond donors (Lipinski definition) is 1. The normalized spacial score (nSPS) is 16.7. The smallest absolute Gasteiger partial charge is 0.291 e. The molecule has 1 N–H and O–H groups in total. The number of fused-ring (bicyclic) bond motifs is 1. The van der Waals surface area contributed by atoms with Crippen LogP contribution in [0.3, 0.4) is 0 Å². The van der Waals surface area contributed by atoms with Crippen molar-refractivity contribution in [3.8, 4) is 0 Å². The van der Waals surface area contributed by atoms with Gasteiger partial charge in [-0.05, 0) is 56.7 Å². The van der Waals surface area contributed by atoms with Crippen molar-refractivity contribution < 1.29 is 14.0 Å². The minimum absolute atomic E-state index is 0.0786. The molecular weight excluding hydrogens is 347 g/mol. The van der Waals surface area contributed by atoms with Gasteiger partial charge in [0.05, 0.1) is 5.69 Å². The van der Waals surface area contributed by atoms with Gasteiger partial charge in [-0.2, -0.15) is 0 Å². The lowest BCUT2D eigenvalue weighted by Crippen LogP contribution is -2.36. The van der Waals surface area contributed by atoms with Gasteiger partial charge in [-0.3, -0.25) is 9.59 Å². The fourth-order valence-corrected chi connectivity index (χ4v) is 3.89. The van der Waals surface area contributed by atoms with Crippen molar-refractivity contribution in [3.63, 3.8) is 0 Å². The molecule has 2 aliphatic rings. The van der Waals surface area contributed by atoms with Gasteiger partial charge in [0, 0.05) is 25.3 Å². The molecule has 1 aromatic heterocycles. The Bertz CT molecular complexity index is 871. The number of imidazole rings is 1. The first kappa shape index (κ1) is 17.7. The summed E-state index contributed by atoms with van der Waals surface area (Å²) in [6.45, 7) is 2.16. The molecule has 3 heterocycles. The molecule has 6 nitrogen and oxygen atoms in total. The van der Waals surface area contributed by atoms with E-state index in [2.05, 4.69) is 10.3 Å². The number of nitrogens with one attached hydrogen (secondary N) is 1. The van der Waals surface area contributed by atoms with E-state index in [0.717, 1.165) is 57.3 Å². The molecule has 142 valence electrons. The molecule has 0 unspecified atom stereocenters. The lowest BCUT2D eigenvalue weighted by molar-refractivity contribution is 0.0717. The maximum Gasteiger partial charge on any atom is 0.291 e. The quantitative estimate of drug-likeness (QED) is 0.902. The number of amides is 2. The van der Waals surface area contributed by atoms with Crippen LogP contribution in [0.15, 0.2) is 24.3 Å². The van der Waals surface area contributed by atoms with Crippen molar-refractivity contribution >= 4 is 17.5 Å². The summed E-state index contributed by atoms with van der Waals surface area (Å²) >= 11 is 0. The van der Waals surface area contributed by atoms with E-state index in [1.54, 1.807) is 6.07 Å². The van der Waals surface area contributed by atoms with Crippen molar-refractivity contribution in [1.82, 2.24) is 14.5 Å². The molecule has 2 aliphatic heterocycles. The van der Waals surface area contributed by atoms with E-state index in [0.29, 0.717) is 17.9 Å². The summed E-state index contributed by atoms with van der Waals surface area (Å²) in [5.41, 5.74) is 1.62. The van der Waals surface area contributed by atoms with Gasteiger partial charge in [0.2, 0.25) is 0 Å². The second-order valence-electron chi connectivity index (χ2n) is 7.16. The number of piperidine rings is 1. The Morgan fingerprint density at radius 3 is 2.59 bits per heavy atom. The summed E-state index contributed by atoms with van der Waals surface area (Å²) in [6, 6.07) is 5.75. The molecule has 1 aromatic carbocycles. The van der Waals surface area contributed by atoms with E-state index in [-0.39, 0.29) is 11.7 Å². The number of rotatable bonds is 3. The van der Waals surface area contributed by atoms with Crippen LogP contribution < -0.4 is 5.32 Å². The number of likely N-dealkylation sites (tertiary alicyclic amines) is 1. The summed E-state index contributed by atoms with van der Waals surface area (Å²) in [4.78, 5) is 32.0. The predicted molar refractivity (Wildman–Crippen MR) is 99.3 cm³/mol. The Morgan fingerprint density at radius 2 is 1.81 bits per heavy atom. The molecule has 0 radical (unpaired) electrons. The van der Waals surface area contributed by atoms with Crippen LogP contribution in [0.4, 0.5) is 10.1 Å². The highest BCUT2D eigenvalue weighted by atomic mass is 19.1. The van der Waals surface area contributed by atoms with Gasteiger partial charge in [0.25, 0.3) is 11.8 Å². The predicted octanol–water partition coefficient (Wildman–Crippen LogP) is 3.24. The molecule has 27 heavy (non-hydrogen) atoms. The number of nitrogens with zero attached hydrogens (tertiary/aromatic N) is 3. The molecular formula is C20H23FN4O2. The van der Waals surface area contributed by atoms with Gasteiger partial charge in [0.1, 0.15) is 11.5 Å². The Kier molecular flexibility index (Phi) is 4.92. The second kappa shape index (κ2) is 7.50. The van der Waals surface area contributed by atoms with Crippen molar-refractivity contribution in [1.29, 1.82) is 0 Å². The molecule has 2 aromatic rings. The standard InChI is InChI=1S/C20H23FN4O2/c21-14-7-6-8-15(13-14)22-19(26)18-23-17(16-9-2-5-12-25(16)18)20(27)24-10-3-1-4-11-24/h6-8,13H,1-5,9-12H2,(H,22,26). The number of aromatic nitrogens is 2. The SMILES string of the molecule is O=C(Nc1cccc(F)c1)c1nc(C(=O)N2CCCCC2)c2n1CCCC2. The van der Waals surface area contributed by atoms with E-state index >= 15 is 0 Å². The maximum absolute atomic E-state index is 13.4. The molecule has 2 amide bonds. The Morgan fingerprint density at radius 1 is 1.04 bits per heavy atom. The van der Waals surface area contributed by atoms with Crippen molar-refractivity contribution in [2.45, 2.75) is 45.1 Å². The average Bonchev–Trinajstić information content (AvgIpc) is 3.08. The number of carbonyl (C=O) groups is 2. The molecule has 1 fully saturated rings. The van der Waals surface area contributed by atoms with E-state index in [1.165, 1.54) is 18.2 Å². The van der Waals surface area contributed by atoms with Crippen LogP contribution in [0.1, 0.15) is 58.9 Å². The molecule has 0 saturated carbocycles. The van der Waals surface area contributed by atoms with E-state index < -0.39 is 11.7 Å². The lowest BCUT2D eigenvalue weighted by atomic mass is 10.1. The fraction of sp³-hybridized carbons (Fsp3) is 0.450. The molecule has 0 aliphatic carbocycles. The first-order chi connectivity index (χ1) is 13.1. The molecule has 0 bridgehead atoms. The molecule has 0 atom stereocenters. The Hall–Kier alpha value is -2.70. The third-order valence-corrected chi connectivity index (χ3v) is 5.25. The first-order valence-corrected chi connectivity index (χ1v) is 9.59. The van der Waals surface area contributed by atoms with Crippen molar-refractivity contribution in [2.24, 2.45) is 0 Å². The number of anilines is 1. The maximum atomic E-state index is 13.4. The third-order valence-electron chi connectivity index (χ3n) is 5.25. The number of hydrogen-bond acceptors (Lipinski definition) is 3. The highest BCUT2D eigenvalue weighted by molar-refractivity contribution is 6.03. The van der Waals surface area contributed by atoms with Gasteiger partial charge in [-0.25, -0.2) is 9.37 Å². The summed E-state index contributed by atoms with van der Waals surface area (Å²) < 4.78 is 15.2. The summed E-state index contributed by atoms with van der Waals surface area (Å²) in [5, 5.41) is 2.69. The zero-order valence-electron chi connectivity index (χ0n) is 15.2. The Balaban J connectivity index is 1.63. The molecule has 1 saturated heterocycles. The first-order valence-electron chi connectivity index (χ1n) is 9.59. The average molecular weight is 370 g/mol. The van der Waals surface area contributed by atoms with Gasteiger partial charge in [0.15, 0.2) is 5.82 Å². The van der Waals surface area contributed by atoms with Crippen LogP contribution in [0.25, 0.3) is 0 Å². The molecule has 0 spiro atoms. The highest BCUT2D eigenvalue weighted by Gasteiger charge is 2.30. The number of halogens is 1. The largest absolute Gasteiger partial charge is 0.337 e. The topological polar surface area (TPSA) is 67.2 Å². The van der Waals surface area contributed by atoms with E-state index in [9.17, 15) is 14.0 Å². The molecule has 7 heteroatoms. The van der Waals surface area contributed by atoms with Gasteiger partial charge >= 0.3 is 0 Å². The Labute approximate surface area is 157 Å². The van der Waals surface area contributed by atoms with Crippen LogP contribution in [-0.2, 0) is 13.0 Å². The summed E-state index contributed by atoms with van der Waals surface area (Å²) in [6.07, 6.45) is 5.84. The number of carbonyl (C=O) groups excluding carboxylic acids is 2. The minimum Gasteiger partial charge on any atom is -0.337 e. The monoisotopic (exact) mass is 370 g/mol. The zero-order valence-corrected chi connectivity index (χ0v) is 15.2. The van der Waals surface area contributed by atoms with Gasteiger partial charge < -0.3 is 14.8 Å². The lowest BCUT2D eigenvalue weighted by Gasteiger charge is -2.26. The van der Waals surface area contributed by atoms with Crippen LogP contribution in [-0.4, -0.2) is 39.4 Å². The highest BCUT2D eigenvalue weighted by Crippen LogP contribution is 2.24. The second-order valence-corrected chi connectivity index (χ2v) is 7.16. The van der Waals surface area contributed by atoms with Crippen LogP contribution in [0, 0.1) is 5.82 Å². The van der Waals surface area contributed by atoms with Crippen molar-refractivity contribution in [3.05, 3.63) is 47.3 Å².